The molecule has 2 rings (SSSR count). The number of carbonyl (C=O) groups excluding carboxylic acids is 2. The molecule has 0 aliphatic carbocycles. The predicted octanol–water partition coefficient (Wildman–Crippen LogP) is -0.0613. The molecule has 0 bridgehead atoms. The number of benzene rings is 1. The molecule has 132 valence electrons. The van der Waals surface area contributed by atoms with Gasteiger partial charge in [0, 0.05) is 39.8 Å². The third kappa shape index (κ3) is 5.92. The molecule has 1 atom stereocenters. The van der Waals surface area contributed by atoms with E-state index < -0.39 is 11.8 Å². The molecule has 24 heavy (non-hydrogen) atoms. The van der Waals surface area contributed by atoms with Crippen molar-refractivity contribution in [3.05, 3.63) is 35.9 Å². The molecule has 1 fully saturated rings. The van der Waals surface area contributed by atoms with Crippen molar-refractivity contribution < 1.29 is 19.1 Å². The highest BCUT2D eigenvalue weighted by Crippen LogP contribution is 2.21. The lowest BCUT2D eigenvalue weighted by molar-refractivity contribution is -0.139. The van der Waals surface area contributed by atoms with Gasteiger partial charge in [0.1, 0.15) is 0 Å². The minimum absolute atomic E-state index is 0.0491. The standard InChI is InChI=1S/C17H25N3O4/c1-23-11-8-19-17(22)16(21)18-7-9-20-10-12-24-15(13-20)14-5-3-2-4-6-14/h2-6,15H,7-13H2,1H3,(H,18,21)(H,19,22)/t15-/m0/s1. The second-order valence-corrected chi connectivity index (χ2v) is 5.58. The summed E-state index contributed by atoms with van der Waals surface area (Å²) in [6.07, 6.45) is 0.0491. The van der Waals surface area contributed by atoms with Crippen molar-refractivity contribution in [2.24, 2.45) is 0 Å². The zero-order chi connectivity index (χ0) is 17.2. The summed E-state index contributed by atoms with van der Waals surface area (Å²) in [4.78, 5) is 25.4. The van der Waals surface area contributed by atoms with Gasteiger partial charge in [0.25, 0.3) is 0 Å². The van der Waals surface area contributed by atoms with E-state index in [0.717, 1.165) is 18.7 Å². The topological polar surface area (TPSA) is 79.9 Å². The van der Waals surface area contributed by atoms with Gasteiger partial charge >= 0.3 is 11.8 Å². The van der Waals surface area contributed by atoms with Gasteiger partial charge in [-0.2, -0.15) is 0 Å². The number of morpholine rings is 1. The average Bonchev–Trinajstić information content (AvgIpc) is 2.63. The number of ether oxygens (including phenoxy) is 2. The third-order valence-electron chi connectivity index (χ3n) is 3.83. The van der Waals surface area contributed by atoms with E-state index in [-0.39, 0.29) is 6.10 Å². The average molecular weight is 335 g/mol. The Hall–Kier alpha value is -1.96. The lowest BCUT2D eigenvalue weighted by Gasteiger charge is -2.33. The molecule has 0 saturated carbocycles. The van der Waals surface area contributed by atoms with Crippen LogP contribution in [0.3, 0.4) is 0 Å². The Labute approximate surface area is 142 Å². The molecule has 1 aliphatic rings. The third-order valence-corrected chi connectivity index (χ3v) is 3.83. The first-order valence-corrected chi connectivity index (χ1v) is 8.14. The van der Waals surface area contributed by atoms with Crippen molar-refractivity contribution in [2.75, 3.05) is 53.0 Å². The van der Waals surface area contributed by atoms with Gasteiger partial charge in [-0.05, 0) is 5.56 Å². The van der Waals surface area contributed by atoms with Gasteiger partial charge in [0.2, 0.25) is 0 Å². The summed E-state index contributed by atoms with van der Waals surface area (Å²) in [5, 5.41) is 5.13. The van der Waals surface area contributed by atoms with Crippen LogP contribution < -0.4 is 10.6 Å². The quantitative estimate of drug-likeness (QED) is 0.539. The molecule has 1 aromatic carbocycles. The van der Waals surface area contributed by atoms with Gasteiger partial charge in [0.05, 0.1) is 19.3 Å². The SMILES string of the molecule is COCCNC(=O)C(=O)NCCN1CCO[C@H](c2ccccc2)C1. The lowest BCUT2D eigenvalue weighted by atomic mass is 10.1. The van der Waals surface area contributed by atoms with Crippen LogP contribution in [0.25, 0.3) is 0 Å². The Morgan fingerprint density at radius 3 is 2.62 bits per heavy atom. The second-order valence-electron chi connectivity index (χ2n) is 5.58. The Bertz CT molecular complexity index is 524. The van der Waals surface area contributed by atoms with Gasteiger partial charge in [-0.3, -0.25) is 14.5 Å². The van der Waals surface area contributed by atoms with E-state index >= 15 is 0 Å². The molecular formula is C17H25N3O4. The molecule has 1 saturated heterocycles. The summed E-state index contributed by atoms with van der Waals surface area (Å²) in [5.41, 5.74) is 1.16. The summed E-state index contributed by atoms with van der Waals surface area (Å²) in [6, 6.07) is 10.1. The Morgan fingerprint density at radius 1 is 1.21 bits per heavy atom. The van der Waals surface area contributed by atoms with Crippen molar-refractivity contribution in [1.82, 2.24) is 15.5 Å². The molecule has 1 aliphatic heterocycles. The van der Waals surface area contributed by atoms with Crippen LogP contribution in [0.15, 0.2) is 30.3 Å². The van der Waals surface area contributed by atoms with Crippen LogP contribution in [-0.4, -0.2) is 69.8 Å². The summed E-state index contributed by atoms with van der Waals surface area (Å²) < 4.78 is 10.6. The van der Waals surface area contributed by atoms with E-state index in [4.69, 9.17) is 9.47 Å². The number of rotatable bonds is 7. The lowest BCUT2D eigenvalue weighted by Crippen LogP contribution is -2.46. The van der Waals surface area contributed by atoms with Crippen molar-refractivity contribution in [2.45, 2.75) is 6.10 Å². The van der Waals surface area contributed by atoms with E-state index in [0.29, 0.717) is 32.8 Å². The molecule has 7 nitrogen and oxygen atoms in total. The highest BCUT2D eigenvalue weighted by Gasteiger charge is 2.21. The first-order chi connectivity index (χ1) is 11.7. The number of carbonyl (C=O) groups is 2. The Kier molecular flexibility index (Phi) is 7.67. The van der Waals surface area contributed by atoms with Crippen LogP contribution in [0.5, 0.6) is 0 Å². The van der Waals surface area contributed by atoms with Gasteiger partial charge < -0.3 is 20.1 Å². The number of hydrogen-bond acceptors (Lipinski definition) is 5. The van der Waals surface area contributed by atoms with E-state index in [2.05, 4.69) is 27.7 Å². The van der Waals surface area contributed by atoms with Crippen molar-refractivity contribution in [3.63, 3.8) is 0 Å². The van der Waals surface area contributed by atoms with E-state index in [1.54, 1.807) is 0 Å². The van der Waals surface area contributed by atoms with Crippen LogP contribution in [0.4, 0.5) is 0 Å². The predicted molar refractivity (Wildman–Crippen MR) is 89.5 cm³/mol. The normalized spacial score (nSPS) is 18.1. The monoisotopic (exact) mass is 335 g/mol. The van der Waals surface area contributed by atoms with Crippen molar-refractivity contribution >= 4 is 11.8 Å². The molecule has 1 aromatic rings. The van der Waals surface area contributed by atoms with E-state index in [1.807, 2.05) is 18.2 Å². The minimum Gasteiger partial charge on any atom is -0.383 e. The number of nitrogens with zero attached hydrogens (tertiary/aromatic N) is 1. The van der Waals surface area contributed by atoms with E-state index in [1.165, 1.54) is 7.11 Å². The number of hydrogen-bond donors (Lipinski definition) is 2. The molecule has 0 spiro atoms. The maximum Gasteiger partial charge on any atom is 0.309 e. The molecule has 0 unspecified atom stereocenters. The molecule has 1 heterocycles. The zero-order valence-corrected chi connectivity index (χ0v) is 14.0. The molecule has 2 amide bonds. The van der Waals surface area contributed by atoms with Crippen LogP contribution in [0, 0.1) is 0 Å². The molecule has 0 radical (unpaired) electrons. The van der Waals surface area contributed by atoms with Crippen molar-refractivity contribution in [1.29, 1.82) is 0 Å². The maximum absolute atomic E-state index is 11.7. The Morgan fingerprint density at radius 2 is 1.92 bits per heavy atom. The first-order valence-electron chi connectivity index (χ1n) is 8.14. The summed E-state index contributed by atoms with van der Waals surface area (Å²) in [7, 11) is 1.54. The molecular weight excluding hydrogens is 310 g/mol. The minimum atomic E-state index is -0.629. The maximum atomic E-state index is 11.7. The van der Waals surface area contributed by atoms with Crippen molar-refractivity contribution in [3.8, 4) is 0 Å². The van der Waals surface area contributed by atoms with Crippen LogP contribution in [-0.2, 0) is 19.1 Å². The number of nitrogens with one attached hydrogen (secondary N) is 2. The van der Waals surface area contributed by atoms with Crippen LogP contribution in [0.1, 0.15) is 11.7 Å². The fourth-order valence-corrected chi connectivity index (χ4v) is 2.53. The second kappa shape index (κ2) is 10.0. The zero-order valence-electron chi connectivity index (χ0n) is 14.0. The van der Waals surface area contributed by atoms with Gasteiger partial charge in [0.15, 0.2) is 0 Å². The highest BCUT2D eigenvalue weighted by molar-refractivity contribution is 6.35. The fraction of sp³-hybridized carbons (Fsp3) is 0.529. The summed E-state index contributed by atoms with van der Waals surface area (Å²) in [6.45, 7) is 4.07. The summed E-state index contributed by atoms with van der Waals surface area (Å²) in [5.74, 6) is -1.24. The van der Waals surface area contributed by atoms with Gasteiger partial charge in [-0.15, -0.1) is 0 Å². The summed E-state index contributed by atoms with van der Waals surface area (Å²) >= 11 is 0. The largest absolute Gasteiger partial charge is 0.383 e. The number of methoxy groups -OCH3 is 1. The van der Waals surface area contributed by atoms with Gasteiger partial charge in [-0.25, -0.2) is 0 Å². The highest BCUT2D eigenvalue weighted by atomic mass is 16.5. The first kappa shape index (κ1) is 18.4. The molecule has 7 heteroatoms. The number of amides is 2. The molecule has 2 N–H and O–H groups in total. The Balaban J connectivity index is 1.68. The van der Waals surface area contributed by atoms with Crippen LogP contribution >= 0.6 is 0 Å². The molecule has 0 aromatic heterocycles. The fourth-order valence-electron chi connectivity index (χ4n) is 2.53. The van der Waals surface area contributed by atoms with Crippen LogP contribution in [0.2, 0.25) is 0 Å². The van der Waals surface area contributed by atoms with Gasteiger partial charge in [-0.1, -0.05) is 30.3 Å². The smallest absolute Gasteiger partial charge is 0.309 e. The van der Waals surface area contributed by atoms with E-state index in [9.17, 15) is 9.59 Å².